The van der Waals surface area contributed by atoms with Crippen LogP contribution in [0.2, 0.25) is 0 Å². The second-order valence-corrected chi connectivity index (χ2v) is 4.18. The van der Waals surface area contributed by atoms with E-state index >= 15 is 0 Å². The molecule has 0 aromatic carbocycles. The van der Waals surface area contributed by atoms with Gasteiger partial charge in [0.1, 0.15) is 5.69 Å². The normalized spacial score (nSPS) is 10.9. The molecule has 1 aromatic rings. The van der Waals surface area contributed by atoms with Gasteiger partial charge in [-0.2, -0.15) is 5.10 Å². The number of halogens is 1. The van der Waals surface area contributed by atoms with Crippen molar-refractivity contribution in [1.82, 2.24) is 14.7 Å². The van der Waals surface area contributed by atoms with Gasteiger partial charge in [-0.25, -0.2) is 0 Å². The zero-order chi connectivity index (χ0) is 11.4. The van der Waals surface area contributed by atoms with Gasteiger partial charge in [-0.1, -0.05) is 0 Å². The Morgan fingerprint density at radius 1 is 1.67 bits per heavy atom. The highest BCUT2D eigenvalue weighted by Gasteiger charge is 2.11. The van der Waals surface area contributed by atoms with Crippen molar-refractivity contribution in [2.24, 2.45) is 0 Å². The maximum absolute atomic E-state index is 11.7. The lowest BCUT2D eigenvalue weighted by atomic mass is 10.3. The lowest BCUT2D eigenvalue weighted by Crippen LogP contribution is -2.04. The Bertz CT molecular complexity index is 382. The number of hydrogen-bond acceptors (Lipinski definition) is 3. The maximum Gasteiger partial charge on any atom is 0.208 e. The molecule has 15 heavy (non-hydrogen) atoms. The molecule has 4 nitrogen and oxygen atoms in total. The topological polar surface area (TPSA) is 38.1 Å². The van der Waals surface area contributed by atoms with E-state index in [0.29, 0.717) is 5.69 Å². The van der Waals surface area contributed by atoms with Gasteiger partial charge in [0.25, 0.3) is 0 Å². The van der Waals surface area contributed by atoms with Crippen LogP contribution in [0.3, 0.4) is 0 Å². The van der Waals surface area contributed by atoms with Crippen LogP contribution in [0.15, 0.2) is 22.9 Å². The molecule has 1 rings (SSSR count). The zero-order valence-corrected chi connectivity index (χ0v) is 10.7. The minimum absolute atomic E-state index is 0.0947. The summed E-state index contributed by atoms with van der Waals surface area (Å²) in [6.07, 6.45) is 5.02. The number of aromatic nitrogens is 2. The van der Waals surface area contributed by atoms with Gasteiger partial charge in [0.15, 0.2) is 0 Å². The fourth-order valence-corrected chi connectivity index (χ4v) is 1.53. The largest absolute Gasteiger partial charge is 0.383 e. The van der Waals surface area contributed by atoms with Crippen LogP contribution < -0.4 is 0 Å². The highest BCUT2D eigenvalue weighted by Crippen LogP contribution is 2.15. The Balaban J connectivity index is 2.86. The third-order valence-corrected chi connectivity index (χ3v) is 2.38. The number of carbonyl (C=O) groups excluding carboxylic acids is 1. The van der Waals surface area contributed by atoms with Gasteiger partial charge < -0.3 is 4.90 Å². The molecule has 0 saturated carbocycles. The summed E-state index contributed by atoms with van der Waals surface area (Å²) in [5.74, 6) is -0.0947. The number of aryl methyl sites for hydroxylation is 1. The first-order valence-corrected chi connectivity index (χ1v) is 5.45. The summed E-state index contributed by atoms with van der Waals surface area (Å²) < 4.78 is 2.46. The second-order valence-electron chi connectivity index (χ2n) is 3.32. The molecule has 0 spiro atoms. The quantitative estimate of drug-likeness (QED) is 0.621. The number of allylic oxidation sites excluding steroid dienone is 1. The first kappa shape index (κ1) is 12.0. The van der Waals surface area contributed by atoms with E-state index in [2.05, 4.69) is 21.0 Å². The average molecular weight is 272 g/mol. The van der Waals surface area contributed by atoms with Crippen molar-refractivity contribution >= 4 is 21.7 Å². The lowest BCUT2D eigenvalue weighted by molar-refractivity contribution is 0.103. The molecule has 0 aliphatic rings. The van der Waals surface area contributed by atoms with Gasteiger partial charge >= 0.3 is 0 Å². The van der Waals surface area contributed by atoms with Gasteiger partial charge in [-0.15, -0.1) is 0 Å². The van der Waals surface area contributed by atoms with Crippen LogP contribution in [0.1, 0.15) is 17.4 Å². The van der Waals surface area contributed by atoms with Crippen LogP contribution in [-0.2, 0) is 6.54 Å². The summed E-state index contributed by atoms with van der Waals surface area (Å²) in [7, 11) is 3.73. The average Bonchev–Trinajstić information content (AvgIpc) is 2.56. The Hall–Kier alpha value is -1.10. The highest BCUT2D eigenvalue weighted by molar-refractivity contribution is 9.10. The fourth-order valence-electron chi connectivity index (χ4n) is 1.02. The summed E-state index contributed by atoms with van der Waals surface area (Å²) in [6, 6.07) is 0. The summed E-state index contributed by atoms with van der Waals surface area (Å²) in [4.78, 5) is 13.5. The Morgan fingerprint density at radius 3 is 2.80 bits per heavy atom. The molecule has 1 aromatic heterocycles. The molecule has 0 atom stereocenters. The summed E-state index contributed by atoms with van der Waals surface area (Å²) in [6.45, 7) is 2.73. The number of ketones is 1. The van der Waals surface area contributed by atoms with Crippen LogP contribution in [0.5, 0.6) is 0 Å². The molecule has 0 N–H and O–H groups in total. The van der Waals surface area contributed by atoms with E-state index in [9.17, 15) is 4.79 Å². The van der Waals surface area contributed by atoms with Crippen molar-refractivity contribution in [1.29, 1.82) is 0 Å². The van der Waals surface area contributed by atoms with E-state index in [4.69, 9.17) is 0 Å². The second kappa shape index (κ2) is 5.11. The van der Waals surface area contributed by atoms with Crippen LogP contribution in [0.25, 0.3) is 0 Å². The number of nitrogens with zero attached hydrogens (tertiary/aromatic N) is 3. The predicted molar refractivity (Wildman–Crippen MR) is 62.8 cm³/mol. The Labute approximate surface area is 97.7 Å². The van der Waals surface area contributed by atoms with E-state index in [0.717, 1.165) is 11.0 Å². The van der Waals surface area contributed by atoms with E-state index in [1.165, 1.54) is 6.08 Å². The first-order chi connectivity index (χ1) is 7.04. The molecule has 5 heteroatoms. The highest BCUT2D eigenvalue weighted by atomic mass is 79.9. The lowest BCUT2D eigenvalue weighted by Gasteiger charge is -2.01. The minimum atomic E-state index is -0.0947. The van der Waals surface area contributed by atoms with Gasteiger partial charge in [0.05, 0.1) is 4.47 Å². The number of carbonyl (C=O) groups is 1. The van der Waals surface area contributed by atoms with E-state index in [1.54, 1.807) is 17.1 Å². The molecule has 82 valence electrons. The van der Waals surface area contributed by atoms with E-state index in [-0.39, 0.29) is 5.78 Å². The molecule has 0 unspecified atom stereocenters. The van der Waals surface area contributed by atoms with E-state index in [1.807, 2.05) is 25.9 Å². The van der Waals surface area contributed by atoms with Crippen LogP contribution >= 0.6 is 15.9 Å². The molecular weight excluding hydrogens is 258 g/mol. The number of hydrogen-bond donors (Lipinski definition) is 0. The number of rotatable bonds is 4. The van der Waals surface area contributed by atoms with Crippen molar-refractivity contribution in [2.45, 2.75) is 13.5 Å². The molecule has 0 amide bonds. The fraction of sp³-hybridized carbons (Fsp3) is 0.400. The zero-order valence-electron chi connectivity index (χ0n) is 9.07. The monoisotopic (exact) mass is 271 g/mol. The Kier molecular flexibility index (Phi) is 4.08. The van der Waals surface area contributed by atoms with Crippen LogP contribution in [-0.4, -0.2) is 34.6 Å². The van der Waals surface area contributed by atoms with Gasteiger partial charge in [-0.05, 0) is 22.9 Å². The van der Waals surface area contributed by atoms with Crippen molar-refractivity contribution in [2.75, 3.05) is 14.1 Å². The summed E-state index contributed by atoms with van der Waals surface area (Å²) in [5, 5.41) is 4.16. The molecule has 0 bridgehead atoms. The molecule has 0 saturated heterocycles. The molecule has 0 radical (unpaired) electrons. The van der Waals surface area contributed by atoms with Crippen LogP contribution in [0.4, 0.5) is 0 Å². The van der Waals surface area contributed by atoms with Gasteiger partial charge in [-0.3, -0.25) is 9.48 Å². The molecular formula is C10H14BrN3O. The van der Waals surface area contributed by atoms with Gasteiger partial charge in [0, 0.05) is 39.1 Å². The van der Waals surface area contributed by atoms with E-state index < -0.39 is 0 Å². The SMILES string of the molecule is CCn1cc(Br)c(C(=O)/C=C\N(C)C)n1. The van der Waals surface area contributed by atoms with Crippen molar-refractivity contribution in [3.63, 3.8) is 0 Å². The van der Waals surface area contributed by atoms with Crippen LogP contribution in [0, 0.1) is 0 Å². The molecule has 0 aliphatic carbocycles. The molecule has 1 heterocycles. The van der Waals surface area contributed by atoms with Crippen molar-refractivity contribution in [3.8, 4) is 0 Å². The van der Waals surface area contributed by atoms with Crippen molar-refractivity contribution < 1.29 is 4.79 Å². The third-order valence-electron chi connectivity index (χ3n) is 1.80. The van der Waals surface area contributed by atoms with Crippen molar-refractivity contribution in [3.05, 3.63) is 28.6 Å². The minimum Gasteiger partial charge on any atom is -0.383 e. The summed E-state index contributed by atoms with van der Waals surface area (Å²) >= 11 is 3.31. The third kappa shape index (κ3) is 3.20. The molecule has 0 aliphatic heterocycles. The Morgan fingerprint density at radius 2 is 2.33 bits per heavy atom. The predicted octanol–water partition coefficient (Wildman–Crippen LogP) is 1.92. The standard InChI is InChI=1S/C10H14BrN3O/c1-4-14-7-8(11)10(12-14)9(15)5-6-13(2)3/h5-7H,4H2,1-3H3/b6-5-. The first-order valence-electron chi connectivity index (χ1n) is 4.66. The smallest absolute Gasteiger partial charge is 0.208 e. The van der Waals surface area contributed by atoms with Gasteiger partial charge in [0.2, 0.25) is 5.78 Å². The molecule has 0 fully saturated rings. The maximum atomic E-state index is 11.7. The summed E-state index contributed by atoms with van der Waals surface area (Å²) in [5.41, 5.74) is 0.454.